The average molecular weight is 952 g/mol. The number of nitrogens with zero attached hydrogens (tertiary/aromatic N) is 6. The summed E-state index contributed by atoms with van der Waals surface area (Å²) in [6.45, 7) is 7.86. The lowest BCUT2D eigenvalue weighted by atomic mass is 9.92. The van der Waals surface area contributed by atoms with E-state index in [1.165, 1.54) is 29.8 Å². The molecule has 0 saturated carbocycles. The summed E-state index contributed by atoms with van der Waals surface area (Å²) >= 11 is 16.0. The number of rotatable bonds is 9. The summed E-state index contributed by atoms with van der Waals surface area (Å²) in [6, 6.07) is 20.6. The van der Waals surface area contributed by atoms with Gasteiger partial charge in [0, 0.05) is 61.3 Å². The molecule has 13 nitrogen and oxygen atoms in total. The zero-order valence-electron chi connectivity index (χ0n) is 36.5. The van der Waals surface area contributed by atoms with Crippen LogP contribution < -0.4 is 23.7 Å². The molecule has 1 N–H and O–H groups in total. The van der Waals surface area contributed by atoms with E-state index in [4.69, 9.17) is 51.9 Å². The summed E-state index contributed by atoms with van der Waals surface area (Å²) < 4.78 is 46.2. The number of para-hydroxylation sites is 1. The van der Waals surface area contributed by atoms with Gasteiger partial charge in [0.05, 0.1) is 33.8 Å². The number of piperazine rings is 1. The number of likely N-dealkylation sites (N-methyl/N-ethyl adjacent to an activating group) is 1. The van der Waals surface area contributed by atoms with Crippen molar-refractivity contribution in [3.8, 4) is 61.8 Å². The van der Waals surface area contributed by atoms with E-state index in [1.54, 1.807) is 49.7 Å². The van der Waals surface area contributed by atoms with E-state index in [0.717, 1.165) is 31.7 Å². The highest BCUT2D eigenvalue weighted by Gasteiger charge is 2.32. The van der Waals surface area contributed by atoms with Gasteiger partial charge in [-0.15, -0.1) is 11.3 Å². The Bertz CT molecular complexity index is 2900. The van der Waals surface area contributed by atoms with Crippen LogP contribution in [0.1, 0.15) is 22.4 Å². The Kier molecular flexibility index (Phi) is 13.2. The van der Waals surface area contributed by atoms with Crippen LogP contribution in [-0.2, 0) is 17.8 Å². The lowest BCUT2D eigenvalue weighted by Crippen LogP contribution is -2.49. The first-order chi connectivity index (χ1) is 31.9. The second kappa shape index (κ2) is 19.4. The predicted octanol–water partition coefficient (Wildman–Crippen LogP) is 9.59. The highest BCUT2D eigenvalue weighted by molar-refractivity contribution is 7.22. The van der Waals surface area contributed by atoms with Crippen LogP contribution in [0, 0.1) is 19.7 Å². The van der Waals surface area contributed by atoms with Crippen LogP contribution in [0.25, 0.3) is 43.2 Å². The number of hydrogen-bond donors (Lipinski definition) is 1. The van der Waals surface area contributed by atoms with Gasteiger partial charge in [-0.2, -0.15) is 0 Å². The van der Waals surface area contributed by atoms with Gasteiger partial charge < -0.3 is 33.7 Å². The lowest BCUT2D eigenvalue weighted by Gasteiger charge is -2.35. The second-order valence-corrected chi connectivity index (χ2v) is 17.9. The number of methoxy groups -OCH3 is 1. The third kappa shape index (κ3) is 9.31. The van der Waals surface area contributed by atoms with Gasteiger partial charge in [-0.3, -0.25) is 4.90 Å². The van der Waals surface area contributed by atoms with Gasteiger partial charge in [-0.25, -0.2) is 29.1 Å². The van der Waals surface area contributed by atoms with Crippen LogP contribution in [0.5, 0.6) is 28.9 Å². The minimum Gasteiger partial charge on any atom is -0.496 e. The van der Waals surface area contributed by atoms with Crippen LogP contribution in [-0.4, -0.2) is 107 Å². The van der Waals surface area contributed by atoms with Crippen LogP contribution in [0.3, 0.4) is 0 Å². The van der Waals surface area contributed by atoms with E-state index in [9.17, 15) is 14.3 Å². The van der Waals surface area contributed by atoms with Gasteiger partial charge in [0.2, 0.25) is 12.0 Å². The van der Waals surface area contributed by atoms with Crippen molar-refractivity contribution in [3.05, 3.63) is 124 Å². The van der Waals surface area contributed by atoms with Gasteiger partial charge in [0.25, 0.3) is 0 Å². The number of carbonyl (C=O) groups is 1. The molecule has 1 saturated heterocycles. The zero-order chi connectivity index (χ0) is 46.1. The van der Waals surface area contributed by atoms with E-state index >= 15 is 0 Å². The highest BCUT2D eigenvalue weighted by Crippen LogP contribution is 2.53. The maximum absolute atomic E-state index is 14.4. The van der Waals surface area contributed by atoms with Crippen molar-refractivity contribution < 1.29 is 38.0 Å². The molecule has 0 amide bonds. The molecule has 3 aromatic heterocycles. The number of fused-ring (bicyclic) bond motifs is 7. The van der Waals surface area contributed by atoms with Gasteiger partial charge in [-0.1, -0.05) is 47.5 Å². The minimum atomic E-state index is -1.47. The molecule has 17 heteroatoms. The van der Waals surface area contributed by atoms with Crippen molar-refractivity contribution in [1.29, 1.82) is 0 Å². The molecule has 3 aliphatic heterocycles. The number of aromatic nitrogens is 4. The van der Waals surface area contributed by atoms with E-state index in [-0.39, 0.29) is 25.5 Å². The number of carboxylic acid groups (broad SMARTS) is 1. The van der Waals surface area contributed by atoms with Gasteiger partial charge >= 0.3 is 5.97 Å². The van der Waals surface area contributed by atoms with Crippen LogP contribution >= 0.6 is 34.5 Å². The number of ether oxygens (including phenoxy) is 5. The molecule has 4 bridgehead atoms. The van der Waals surface area contributed by atoms with Gasteiger partial charge in [0.1, 0.15) is 53.5 Å². The first-order valence-corrected chi connectivity index (χ1v) is 22.9. The number of thiophene rings is 1. The van der Waals surface area contributed by atoms with Crippen molar-refractivity contribution >= 4 is 50.7 Å². The van der Waals surface area contributed by atoms with Crippen molar-refractivity contribution in [1.82, 2.24) is 29.7 Å². The number of benzene rings is 4. The third-order valence-corrected chi connectivity index (χ3v) is 13.9. The number of aliphatic carboxylic acids is 1. The van der Waals surface area contributed by atoms with Crippen molar-refractivity contribution in [2.24, 2.45) is 0 Å². The molecule has 0 radical (unpaired) electrons. The fourth-order valence-electron chi connectivity index (χ4n) is 8.30. The Labute approximate surface area is 394 Å². The van der Waals surface area contributed by atoms with Crippen LogP contribution in [0.2, 0.25) is 10.0 Å². The normalized spacial score (nSPS) is 16.8. The van der Waals surface area contributed by atoms with Gasteiger partial charge in [0.15, 0.2) is 11.6 Å². The third-order valence-electron chi connectivity index (χ3n) is 11.8. The summed E-state index contributed by atoms with van der Waals surface area (Å²) in [4.78, 5) is 37.5. The molecule has 0 aliphatic carbocycles. The molecule has 0 unspecified atom stereocenters. The molecule has 3 aliphatic rings. The van der Waals surface area contributed by atoms with E-state index in [1.807, 2.05) is 38.1 Å². The Morgan fingerprint density at radius 3 is 2.42 bits per heavy atom. The summed E-state index contributed by atoms with van der Waals surface area (Å²) in [6.07, 6.45) is 0.815. The first kappa shape index (κ1) is 45.1. The molecule has 2 atom stereocenters. The molecule has 66 heavy (non-hydrogen) atoms. The Morgan fingerprint density at radius 2 is 1.68 bits per heavy atom. The summed E-state index contributed by atoms with van der Waals surface area (Å²) in [5.74, 6) is 0.626. The molecule has 7 aromatic rings. The minimum absolute atomic E-state index is 0.0228. The summed E-state index contributed by atoms with van der Waals surface area (Å²) in [5, 5.41) is 11.9. The smallest absolute Gasteiger partial charge is 0.345 e. The molecule has 340 valence electrons. The molecule has 4 aromatic carbocycles. The Hall–Kier alpha value is -6.10. The predicted molar refractivity (Wildman–Crippen MR) is 252 cm³/mol. The quantitative estimate of drug-likeness (QED) is 0.147. The zero-order valence-corrected chi connectivity index (χ0v) is 38.8. The standard InChI is InChI=1S/C49H45Cl2FN6O7S/c1-27-39-28(2)43(51)44(42(27)50)64-34(23-58-19-17-57(3)18-20-58)25-62-33-13-14-36(63-24-32-15-16-53-46(56-32)35-7-5-6-8-37(35)61-4)30(21-33)22-38(49(59)60)65-47-41-40(39)45(66-48(41)55-26-54-47)29-9-11-31(52)12-10-29/h5-16,21,26,34,38H,17-20,22-25H2,1-4H3,(H,59,60)/t34-,38-/m1/s1. The largest absolute Gasteiger partial charge is 0.496 e. The average Bonchev–Trinajstić information content (AvgIpc) is 3.71. The number of carboxylic acids is 1. The Balaban J connectivity index is 1.16. The molecular formula is C49H45Cl2FN6O7S. The highest BCUT2D eigenvalue weighted by atomic mass is 35.5. The second-order valence-electron chi connectivity index (χ2n) is 16.2. The molecular weight excluding hydrogens is 907 g/mol. The van der Waals surface area contributed by atoms with E-state index < -0.39 is 24.0 Å². The summed E-state index contributed by atoms with van der Waals surface area (Å²) in [5.41, 5.74) is 5.05. The molecule has 6 heterocycles. The number of halogens is 3. The first-order valence-electron chi connectivity index (χ1n) is 21.3. The molecule has 1 fully saturated rings. The summed E-state index contributed by atoms with van der Waals surface area (Å²) in [7, 11) is 3.69. The van der Waals surface area contributed by atoms with Crippen molar-refractivity contribution in [3.63, 3.8) is 0 Å². The molecule has 0 spiro atoms. The monoisotopic (exact) mass is 950 g/mol. The lowest BCUT2D eigenvalue weighted by molar-refractivity contribution is -0.145. The Morgan fingerprint density at radius 1 is 0.924 bits per heavy atom. The SMILES string of the molecule is COc1ccccc1-c1nccc(COc2ccc3cc2C[C@H](C(=O)O)Oc2ncnc4sc(-c5ccc(F)cc5)c(c24)-c2c(C)c(Cl)c(c(Cl)c2C)O[C@H](CN2CCN(C)CC2)CO3)n1. The molecule has 10 rings (SSSR count). The van der Waals surface area contributed by atoms with Crippen molar-refractivity contribution in [2.75, 3.05) is 53.5 Å². The maximum Gasteiger partial charge on any atom is 0.345 e. The topological polar surface area (TPSA) is 141 Å². The fourth-order valence-corrected chi connectivity index (χ4v) is 9.96. The van der Waals surface area contributed by atoms with Gasteiger partial charge in [-0.05, 0) is 91.7 Å². The number of hydrogen-bond acceptors (Lipinski definition) is 13. The van der Waals surface area contributed by atoms with E-state index in [0.29, 0.717) is 99.6 Å². The maximum atomic E-state index is 14.4. The fraction of sp³-hybridized carbons (Fsp3) is 0.286. The van der Waals surface area contributed by atoms with E-state index in [2.05, 4.69) is 31.8 Å². The van der Waals surface area contributed by atoms with Crippen LogP contribution in [0.4, 0.5) is 4.39 Å². The van der Waals surface area contributed by atoms with Crippen LogP contribution in [0.15, 0.2) is 85.3 Å². The van der Waals surface area contributed by atoms with Crippen molar-refractivity contribution in [2.45, 2.75) is 39.1 Å².